The molecule has 16 heavy (non-hydrogen) atoms. The minimum absolute atomic E-state index is 0.393. The van der Waals surface area contributed by atoms with E-state index in [1.165, 1.54) is 25.7 Å². The summed E-state index contributed by atoms with van der Waals surface area (Å²) in [6.45, 7) is 10.2. The summed E-state index contributed by atoms with van der Waals surface area (Å²) < 4.78 is 6.01. The Bertz CT molecular complexity index is 278. The Morgan fingerprint density at radius 2 is 1.88 bits per heavy atom. The van der Waals surface area contributed by atoms with Gasteiger partial charge in [-0.15, -0.1) is 0 Å². The molecular formula is C15H24O. The van der Waals surface area contributed by atoms with Crippen LogP contribution in [0.2, 0.25) is 0 Å². The van der Waals surface area contributed by atoms with Gasteiger partial charge >= 0.3 is 0 Å². The summed E-state index contributed by atoms with van der Waals surface area (Å²) in [7, 11) is 0. The molecule has 0 aromatic heterocycles. The van der Waals surface area contributed by atoms with E-state index in [-0.39, 0.29) is 0 Å². The second kappa shape index (κ2) is 6.57. The number of hydrogen-bond acceptors (Lipinski definition) is 1. The van der Waals surface area contributed by atoms with Crippen molar-refractivity contribution in [1.82, 2.24) is 0 Å². The van der Waals surface area contributed by atoms with Gasteiger partial charge in [0.25, 0.3) is 0 Å². The molecule has 0 aliphatic heterocycles. The highest BCUT2D eigenvalue weighted by Gasteiger charge is 2.19. The number of ether oxygens (including phenoxy) is 1. The van der Waals surface area contributed by atoms with Crippen LogP contribution in [-0.2, 0) is 4.74 Å². The van der Waals surface area contributed by atoms with Gasteiger partial charge in [0, 0.05) is 0 Å². The van der Waals surface area contributed by atoms with Crippen molar-refractivity contribution in [2.75, 3.05) is 0 Å². The molecule has 0 radical (unpaired) electrons. The molecule has 0 aromatic carbocycles. The van der Waals surface area contributed by atoms with Crippen molar-refractivity contribution in [1.29, 1.82) is 0 Å². The van der Waals surface area contributed by atoms with Gasteiger partial charge in [0.05, 0.1) is 6.10 Å². The van der Waals surface area contributed by atoms with Crippen molar-refractivity contribution in [2.24, 2.45) is 5.92 Å². The predicted molar refractivity (Wildman–Crippen MR) is 70.2 cm³/mol. The first-order valence-electron chi connectivity index (χ1n) is 6.30. The predicted octanol–water partition coefficient (Wildman–Crippen LogP) is 4.62. The molecule has 1 heteroatoms. The molecule has 1 aliphatic carbocycles. The summed E-state index contributed by atoms with van der Waals surface area (Å²) in [6.07, 6.45) is 11.3. The highest BCUT2D eigenvalue weighted by Crippen LogP contribution is 2.27. The van der Waals surface area contributed by atoms with Crippen molar-refractivity contribution >= 4 is 0 Å². The summed E-state index contributed by atoms with van der Waals surface area (Å²) in [5.41, 5.74) is 1.16. The first-order chi connectivity index (χ1) is 7.67. The third-order valence-corrected chi connectivity index (χ3v) is 3.25. The summed E-state index contributed by atoms with van der Waals surface area (Å²) in [5, 5.41) is 0. The fourth-order valence-electron chi connectivity index (χ4n) is 2.16. The molecule has 1 aliphatic rings. The van der Waals surface area contributed by atoms with Crippen LogP contribution in [0.3, 0.4) is 0 Å². The van der Waals surface area contributed by atoms with Crippen LogP contribution in [-0.4, -0.2) is 6.10 Å². The van der Waals surface area contributed by atoms with E-state index in [0.717, 1.165) is 17.3 Å². The molecule has 1 nitrogen and oxygen atoms in total. The van der Waals surface area contributed by atoms with Gasteiger partial charge in [0.1, 0.15) is 5.76 Å². The van der Waals surface area contributed by atoms with Crippen LogP contribution in [0.1, 0.15) is 46.5 Å². The van der Waals surface area contributed by atoms with Gasteiger partial charge in [-0.3, -0.25) is 0 Å². The molecule has 0 heterocycles. The van der Waals surface area contributed by atoms with Gasteiger partial charge < -0.3 is 4.74 Å². The van der Waals surface area contributed by atoms with E-state index in [0.29, 0.717) is 6.10 Å². The number of hydrogen-bond donors (Lipinski definition) is 0. The first kappa shape index (κ1) is 13.1. The molecule has 0 bridgehead atoms. The first-order valence-corrected chi connectivity index (χ1v) is 6.30. The molecule has 0 atom stereocenters. The fraction of sp³-hybridized carbons (Fsp3) is 0.600. The van der Waals surface area contributed by atoms with Crippen LogP contribution in [0.25, 0.3) is 0 Å². The maximum absolute atomic E-state index is 6.01. The van der Waals surface area contributed by atoms with Gasteiger partial charge in [-0.2, -0.15) is 0 Å². The Hall–Kier alpha value is -0.980. The van der Waals surface area contributed by atoms with Crippen LogP contribution < -0.4 is 0 Å². The average molecular weight is 220 g/mol. The lowest BCUT2D eigenvalue weighted by molar-refractivity contribution is 0.0758. The van der Waals surface area contributed by atoms with Gasteiger partial charge in [-0.1, -0.05) is 25.7 Å². The lowest BCUT2D eigenvalue weighted by Gasteiger charge is -2.27. The smallest absolute Gasteiger partial charge is 0.122 e. The van der Waals surface area contributed by atoms with Crippen molar-refractivity contribution in [3.8, 4) is 0 Å². The molecule has 0 N–H and O–H groups in total. The van der Waals surface area contributed by atoms with E-state index in [4.69, 9.17) is 4.74 Å². The van der Waals surface area contributed by atoms with Crippen molar-refractivity contribution in [3.05, 3.63) is 36.1 Å². The normalized spacial score (nSPS) is 27.7. The molecule has 0 amide bonds. The van der Waals surface area contributed by atoms with Crippen LogP contribution in [0.4, 0.5) is 0 Å². The van der Waals surface area contributed by atoms with Crippen LogP contribution in [0.5, 0.6) is 0 Å². The average Bonchev–Trinajstić information content (AvgIpc) is 2.28. The van der Waals surface area contributed by atoms with Gasteiger partial charge in [-0.05, 0) is 57.1 Å². The highest BCUT2D eigenvalue weighted by molar-refractivity contribution is 5.26. The van der Waals surface area contributed by atoms with Crippen LogP contribution >= 0.6 is 0 Å². The van der Waals surface area contributed by atoms with Crippen molar-refractivity contribution < 1.29 is 4.74 Å². The standard InChI is InChI=1S/C15H24O/c1-5-7-13(4)15(6-2)16-14-10-8-12(3)9-11-14/h5-7,12,14H,2,8-11H2,1,3-4H3. The molecule has 0 aromatic rings. The summed E-state index contributed by atoms with van der Waals surface area (Å²) in [4.78, 5) is 0. The minimum atomic E-state index is 0.393. The zero-order valence-corrected chi connectivity index (χ0v) is 10.8. The van der Waals surface area contributed by atoms with E-state index >= 15 is 0 Å². The molecule has 0 spiro atoms. The van der Waals surface area contributed by atoms with E-state index in [1.807, 2.05) is 19.1 Å². The summed E-state index contributed by atoms with van der Waals surface area (Å²) >= 11 is 0. The monoisotopic (exact) mass is 220 g/mol. The Labute approximate surface area is 99.9 Å². The molecule has 1 saturated carbocycles. The van der Waals surface area contributed by atoms with E-state index in [1.54, 1.807) is 0 Å². The fourth-order valence-corrected chi connectivity index (χ4v) is 2.16. The van der Waals surface area contributed by atoms with Crippen molar-refractivity contribution in [2.45, 2.75) is 52.6 Å². The van der Waals surface area contributed by atoms with Gasteiger partial charge in [0.15, 0.2) is 0 Å². The Kier molecular flexibility index (Phi) is 5.37. The summed E-state index contributed by atoms with van der Waals surface area (Å²) in [5.74, 6) is 1.81. The highest BCUT2D eigenvalue weighted by atomic mass is 16.5. The van der Waals surface area contributed by atoms with Gasteiger partial charge in [-0.25, -0.2) is 0 Å². The zero-order chi connectivity index (χ0) is 12.0. The third kappa shape index (κ3) is 3.88. The largest absolute Gasteiger partial charge is 0.490 e. The number of rotatable bonds is 4. The van der Waals surface area contributed by atoms with Crippen LogP contribution in [0.15, 0.2) is 36.1 Å². The summed E-state index contributed by atoms with van der Waals surface area (Å²) in [6, 6.07) is 0. The topological polar surface area (TPSA) is 9.23 Å². The molecule has 90 valence electrons. The SMILES string of the molecule is C=CC(OC1CCC(C)CC1)=C(C)C=CC. The lowest BCUT2D eigenvalue weighted by atomic mass is 9.89. The molecule has 0 unspecified atom stereocenters. The third-order valence-electron chi connectivity index (χ3n) is 3.25. The molecular weight excluding hydrogens is 196 g/mol. The lowest BCUT2D eigenvalue weighted by Crippen LogP contribution is -2.20. The maximum atomic E-state index is 6.01. The van der Waals surface area contributed by atoms with Crippen LogP contribution in [0, 0.1) is 5.92 Å². The minimum Gasteiger partial charge on any atom is -0.490 e. The Morgan fingerprint density at radius 3 is 2.38 bits per heavy atom. The van der Waals surface area contributed by atoms with E-state index in [2.05, 4.69) is 26.5 Å². The second-order valence-corrected chi connectivity index (χ2v) is 4.75. The molecule has 0 saturated heterocycles. The van der Waals surface area contributed by atoms with Gasteiger partial charge in [0.2, 0.25) is 0 Å². The Morgan fingerprint density at radius 1 is 1.25 bits per heavy atom. The zero-order valence-electron chi connectivity index (χ0n) is 10.8. The number of allylic oxidation sites excluding steroid dienone is 4. The maximum Gasteiger partial charge on any atom is 0.122 e. The quantitative estimate of drug-likeness (QED) is 0.496. The van der Waals surface area contributed by atoms with Crippen molar-refractivity contribution in [3.63, 3.8) is 0 Å². The Balaban J connectivity index is 2.57. The van der Waals surface area contributed by atoms with E-state index < -0.39 is 0 Å². The second-order valence-electron chi connectivity index (χ2n) is 4.75. The molecule has 1 rings (SSSR count). The van der Waals surface area contributed by atoms with E-state index in [9.17, 15) is 0 Å². The molecule has 1 fully saturated rings.